The predicted octanol–water partition coefficient (Wildman–Crippen LogP) is 4.61. The second-order valence-electron chi connectivity index (χ2n) is 6.84. The maximum absolute atomic E-state index is 12.2. The monoisotopic (exact) mass is 362 g/mol. The van der Waals surface area contributed by atoms with Crippen molar-refractivity contribution >= 4 is 28.9 Å². The minimum absolute atomic E-state index is 0.111. The highest BCUT2D eigenvalue weighted by atomic mass is 32.2. The Bertz CT molecular complexity index is 822. The number of hydrogen-bond acceptors (Lipinski definition) is 3. The molecule has 0 aromatic heterocycles. The van der Waals surface area contributed by atoms with E-state index in [1.54, 1.807) is 0 Å². The lowest BCUT2D eigenvalue weighted by molar-refractivity contribution is -0.113. The van der Waals surface area contributed by atoms with Crippen LogP contribution in [0.15, 0.2) is 70.6 Å². The van der Waals surface area contributed by atoms with Crippen LogP contribution in [0, 0.1) is 5.92 Å². The topological polar surface area (TPSA) is 32.7 Å². The van der Waals surface area contributed by atoms with Crippen molar-refractivity contribution in [1.29, 1.82) is 0 Å². The average molecular weight is 362 g/mol. The van der Waals surface area contributed by atoms with Crippen molar-refractivity contribution < 1.29 is 4.79 Å². The van der Waals surface area contributed by atoms with E-state index in [-0.39, 0.29) is 5.91 Å². The van der Waals surface area contributed by atoms with E-state index in [1.165, 1.54) is 17.3 Å². The number of thioether (sulfide) groups is 1. The third-order valence-corrected chi connectivity index (χ3v) is 6.00. The van der Waals surface area contributed by atoms with Crippen molar-refractivity contribution in [3.05, 3.63) is 76.7 Å². The maximum Gasteiger partial charge on any atom is 0.286 e. The molecule has 0 bridgehead atoms. The predicted molar refractivity (Wildman–Crippen MR) is 109 cm³/mol. The molecule has 3 nitrogen and oxygen atoms in total. The molecule has 0 saturated carbocycles. The zero-order valence-electron chi connectivity index (χ0n) is 14.7. The number of nitrogens with zero attached hydrogens (tertiary/aromatic N) is 2. The quantitative estimate of drug-likeness (QED) is 0.748. The number of likely N-dealkylation sites (tertiary alicyclic amines) is 1. The van der Waals surface area contributed by atoms with Gasteiger partial charge in [0.15, 0.2) is 5.17 Å². The Labute approximate surface area is 158 Å². The van der Waals surface area contributed by atoms with Gasteiger partial charge >= 0.3 is 0 Å². The molecule has 1 saturated heterocycles. The molecule has 26 heavy (non-hydrogen) atoms. The second kappa shape index (κ2) is 7.92. The molecule has 2 aromatic carbocycles. The highest BCUT2D eigenvalue weighted by Crippen LogP contribution is 2.32. The van der Waals surface area contributed by atoms with Crippen molar-refractivity contribution in [1.82, 2.24) is 4.90 Å². The standard InChI is InChI=1S/C22H22N2OS/c25-21-20(16-18-9-5-2-6-10-18)26-22(23-21)24-13-11-19(12-14-24)15-17-7-3-1-4-8-17/h1-10,16,19H,11-15H2/b20-16+. The molecule has 0 aliphatic carbocycles. The Morgan fingerprint density at radius 2 is 1.65 bits per heavy atom. The summed E-state index contributed by atoms with van der Waals surface area (Å²) >= 11 is 1.51. The molecule has 0 unspecified atom stereocenters. The van der Waals surface area contributed by atoms with Crippen molar-refractivity contribution in [2.24, 2.45) is 10.9 Å². The highest BCUT2D eigenvalue weighted by molar-refractivity contribution is 8.18. The summed E-state index contributed by atoms with van der Waals surface area (Å²) in [6, 6.07) is 20.7. The van der Waals surface area contributed by atoms with Gasteiger partial charge in [-0.1, -0.05) is 60.7 Å². The van der Waals surface area contributed by atoms with Gasteiger partial charge in [-0.15, -0.1) is 0 Å². The second-order valence-corrected chi connectivity index (χ2v) is 7.85. The molecular weight excluding hydrogens is 340 g/mol. The summed E-state index contributed by atoms with van der Waals surface area (Å²) < 4.78 is 0. The number of carbonyl (C=O) groups excluding carboxylic acids is 1. The summed E-state index contributed by atoms with van der Waals surface area (Å²) in [6.45, 7) is 1.96. The van der Waals surface area contributed by atoms with Gasteiger partial charge < -0.3 is 4.90 Å². The first-order valence-corrected chi connectivity index (χ1v) is 9.96. The summed E-state index contributed by atoms with van der Waals surface area (Å²) in [6.07, 6.45) is 5.39. The highest BCUT2D eigenvalue weighted by Gasteiger charge is 2.29. The van der Waals surface area contributed by atoms with Crippen LogP contribution < -0.4 is 0 Å². The van der Waals surface area contributed by atoms with Gasteiger partial charge in [-0.25, -0.2) is 0 Å². The first kappa shape index (κ1) is 17.1. The molecule has 4 heteroatoms. The molecule has 1 amide bonds. The van der Waals surface area contributed by atoms with Crippen LogP contribution >= 0.6 is 11.8 Å². The van der Waals surface area contributed by atoms with E-state index in [1.807, 2.05) is 36.4 Å². The first-order chi connectivity index (χ1) is 12.8. The molecule has 2 aromatic rings. The van der Waals surface area contributed by atoms with E-state index in [4.69, 9.17) is 0 Å². The summed E-state index contributed by atoms with van der Waals surface area (Å²) in [5.74, 6) is 0.607. The van der Waals surface area contributed by atoms with Gasteiger partial charge in [0, 0.05) is 13.1 Å². The van der Waals surface area contributed by atoms with Gasteiger partial charge in [0.1, 0.15) is 0 Å². The number of carbonyl (C=O) groups is 1. The molecule has 132 valence electrons. The minimum atomic E-state index is -0.111. The van der Waals surface area contributed by atoms with E-state index in [0.717, 1.165) is 53.9 Å². The largest absolute Gasteiger partial charge is 0.351 e. The van der Waals surface area contributed by atoms with Gasteiger partial charge in [0.2, 0.25) is 0 Å². The van der Waals surface area contributed by atoms with Crippen molar-refractivity contribution in [3.63, 3.8) is 0 Å². The Balaban J connectivity index is 1.34. The lowest BCUT2D eigenvalue weighted by Crippen LogP contribution is -2.37. The summed E-state index contributed by atoms with van der Waals surface area (Å²) in [4.78, 5) is 19.5. The third kappa shape index (κ3) is 4.07. The number of aliphatic imine (C=N–C) groups is 1. The lowest BCUT2D eigenvalue weighted by atomic mass is 9.90. The molecule has 0 spiro atoms. The van der Waals surface area contributed by atoms with Gasteiger partial charge in [-0.3, -0.25) is 4.79 Å². The number of benzene rings is 2. The van der Waals surface area contributed by atoms with Gasteiger partial charge in [0.05, 0.1) is 4.91 Å². The fourth-order valence-electron chi connectivity index (χ4n) is 3.51. The summed E-state index contributed by atoms with van der Waals surface area (Å²) in [5, 5.41) is 0.871. The van der Waals surface area contributed by atoms with Crippen LogP contribution in [0.2, 0.25) is 0 Å². The van der Waals surface area contributed by atoms with E-state index < -0.39 is 0 Å². The number of amides is 1. The van der Waals surface area contributed by atoms with Crippen molar-refractivity contribution in [3.8, 4) is 0 Å². The van der Waals surface area contributed by atoms with Crippen molar-refractivity contribution in [2.45, 2.75) is 19.3 Å². The SMILES string of the molecule is O=C1N=C(N2CCC(Cc3ccccc3)CC2)S/C1=C/c1ccccc1. The average Bonchev–Trinajstić information content (AvgIpc) is 3.04. The Hall–Kier alpha value is -2.33. The Morgan fingerprint density at radius 1 is 1.00 bits per heavy atom. The van der Waals surface area contributed by atoms with Gasteiger partial charge in [0.25, 0.3) is 5.91 Å². The normalized spacial score (nSPS) is 19.8. The zero-order valence-corrected chi connectivity index (χ0v) is 15.5. The number of hydrogen-bond donors (Lipinski definition) is 0. The summed E-state index contributed by atoms with van der Waals surface area (Å²) in [7, 11) is 0. The molecule has 0 atom stereocenters. The smallest absolute Gasteiger partial charge is 0.286 e. The molecule has 4 rings (SSSR count). The molecule has 0 radical (unpaired) electrons. The van der Waals surface area contributed by atoms with Crippen LogP contribution in [0.25, 0.3) is 6.08 Å². The molecule has 0 N–H and O–H groups in total. The first-order valence-electron chi connectivity index (χ1n) is 9.14. The van der Waals surface area contributed by atoms with Crippen LogP contribution in [0.1, 0.15) is 24.0 Å². The van der Waals surface area contributed by atoms with Crippen LogP contribution in [-0.4, -0.2) is 29.1 Å². The number of piperidine rings is 1. The zero-order chi connectivity index (χ0) is 17.8. The minimum Gasteiger partial charge on any atom is -0.351 e. The summed E-state index contributed by atoms with van der Waals surface area (Å²) in [5.41, 5.74) is 2.46. The number of rotatable bonds is 3. The van der Waals surface area contributed by atoms with Gasteiger partial charge in [-0.05, 0) is 54.1 Å². The fraction of sp³-hybridized carbons (Fsp3) is 0.273. The van der Waals surface area contributed by atoms with Crippen LogP contribution in [0.5, 0.6) is 0 Å². The van der Waals surface area contributed by atoms with Crippen LogP contribution in [-0.2, 0) is 11.2 Å². The lowest BCUT2D eigenvalue weighted by Gasteiger charge is -2.32. The van der Waals surface area contributed by atoms with E-state index in [2.05, 4.69) is 40.2 Å². The molecule has 2 aliphatic rings. The van der Waals surface area contributed by atoms with E-state index in [0.29, 0.717) is 0 Å². The maximum atomic E-state index is 12.2. The molecule has 1 fully saturated rings. The van der Waals surface area contributed by atoms with Crippen molar-refractivity contribution in [2.75, 3.05) is 13.1 Å². The Kier molecular flexibility index (Phi) is 5.21. The van der Waals surface area contributed by atoms with E-state index >= 15 is 0 Å². The van der Waals surface area contributed by atoms with E-state index in [9.17, 15) is 4.79 Å². The Morgan fingerprint density at radius 3 is 2.35 bits per heavy atom. The number of amidine groups is 1. The van der Waals surface area contributed by atoms with Crippen LogP contribution in [0.3, 0.4) is 0 Å². The molecule has 2 heterocycles. The molecule has 2 aliphatic heterocycles. The fourth-order valence-corrected chi connectivity index (χ4v) is 4.47. The third-order valence-electron chi connectivity index (χ3n) is 4.96. The van der Waals surface area contributed by atoms with Crippen LogP contribution in [0.4, 0.5) is 0 Å². The molecular formula is C22H22N2OS. The van der Waals surface area contributed by atoms with Gasteiger partial charge in [-0.2, -0.15) is 4.99 Å².